The SMILES string of the molecule is O=CCN(Cc1ccc(Cl)cc1)Sc1c(F)c(F)c(F)c(F)c1F. The van der Waals surface area contributed by atoms with Gasteiger partial charge in [0, 0.05) is 11.6 Å². The maximum absolute atomic E-state index is 13.7. The van der Waals surface area contributed by atoms with E-state index < -0.39 is 34.0 Å². The van der Waals surface area contributed by atoms with Gasteiger partial charge in [-0.3, -0.25) is 0 Å². The van der Waals surface area contributed by atoms with Crippen LogP contribution in [0.25, 0.3) is 0 Å². The number of benzene rings is 2. The number of hydrogen-bond acceptors (Lipinski definition) is 3. The Hall–Kier alpha value is -1.64. The van der Waals surface area contributed by atoms with Gasteiger partial charge in [-0.2, -0.15) is 0 Å². The van der Waals surface area contributed by atoms with Crippen LogP contribution in [0.4, 0.5) is 22.0 Å². The summed E-state index contributed by atoms with van der Waals surface area (Å²) in [6.07, 6.45) is 0.453. The van der Waals surface area contributed by atoms with E-state index in [2.05, 4.69) is 0 Å². The van der Waals surface area contributed by atoms with Crippen molar-refractivity contribution < 1.29 is 26.7 Å². The van der Waals surface area contributed by atoms with Crippen molar-refractivity contribution >= 4 is 29.8 Å². The van der Waals surface area contributed by atoms with Crippen LogP contribution in [0.2, 0.25) is 5.02 Å². The van der Waals surface area contributed by atoms with Crippen molar-refractivity contribution in [3.63, 3.8) is 0 Å². The second-order valence-corrected chi connectivity index (χ2v) is 6.15. The fraction of sp³-hybridized carbons (Fsp3) is 0.133. The Bertz CT molecular complexity index is 728. The number of aldehydes is 1. The molecular formula is C15H9ClF5NOS. The molecule has 0 aliphatic rings. The summed E-state index contributed by atoms with van der Waals surface area (Å²) in [6, 6.07) is 6.36. The maximum atomic E-state index is 13.7. The smallest absolute Gasteiger partial charge is 0.200 e. The van der Waals surface area contributed by atoms with E-state index in [4.69, 9.17) is 11.6 Å². The number of hydrogen-bond donors (Lipinski definition) is 0. The highest BCUT2D eigenvalue weighted by Crippen LogP contribution is 2.33. The summed E-state index contributed by atoms with van der Waals surface area (Å²) in [6.45, 7) is -0.257. The number of rotatable bonds is 6. The van der Waals surface area contributed by atoms with E-state index in [0.29, 0.717) is 16.9 Å². The van der Waals surface area contributed by atoms with Gasteiger partial charge in [0.2, 0.25) is 5.82 Å². The molecule has 9 heteroatoms. The Morgan fingerprint density at radius 2 is 1.42 bits per heavy atom. The largest absolute Gasteiger partial charge is 0.302 e. The van der Waals surface area contributed by atoms with E-state index in [1.807, 2.05) is 0 Å². The van der Waals surface area contributed by atoms with Gasteiger partial charge in [0.25, 0.3) is 0 Å². The lowest BCUT2D eigenvalue weighted by Gasteiger charge is -2.19. The van der Waals surface area contributed by atoms with Crippen LogP contribution >= 0.6 is 23.5 Å². The standard InChI is InChI=1S/C15H9ClF5NOS/c16-9-3-1-8(2-4-9)7-22(5-6-23)24-15-13(20)11(18)10(17)12(19)14(15)21/h1-4,6H,5,7H2. The van der Waals surface area contributed by atoms with Gasteiger partial charge in [0.15, 0.2) is 23.3 Å². The molecular weight excluding hydrogens is 373 g/mol. The summed E-state index contributed by atoms with van der Waals surface area (Å²) in [7, 11) is 0. The minimum atomic E-state index is -2.23. The van der Waals surface area contributed by atoms with Gasteiger partial charge < -0.3 is 4.79 Å². The molecule has 0 fully saturated rings. The van der Waals surface area contributed by atoms with Crippen molar-refractivity contribution in [3.05, 3.63) is 63.9 Å². The lowest BCUT2D eigenvalue weighted by molar-refractivity contribution is -0.108. The second kappa shape index (κ2) is 7.96. The first-order chi connectivity index (χ1) is 11.3. The predicted octanol–water partition coefficient (Wildman–Crippen LogP) is 4.74. The third-order valence-corrected chi connectivity index (χ3v) is 4.27. The summed E-state index contributed by atoms with van der Waals surface area (Å²) < 4.78 is 68.1. The Morgan fingerprint density at radius 3 is 1.92 bits per heavy atom. The summed E-state index contributed by atoms with van der Waals surface area (Å²) in [5.41, 5.74) is 0.637. The van der Waals surface area contributed by atoms with Gasteiger partial charge in [0.05, 0.1) is 6.54 Å². The normalized spacial score (nSPS) is 11.1. The van der Waals surface area contributed by atoms with Crippen molar-refractivity contribution in [1.82, 2.24) is 4.31 Å². The van der Waals surface area contributed by atoms with Crippen LogP contribution in [0.3, 0.4) is 0 Å². The molecule has 0 atom stereocenters. The van der Waals surface area contributed by atoms with E-state index in [1.54, 1.807) is 24.3 Å². The number of halogens is 6. The predicted molar refractivity (Wildman–Crippen MR) is 80.0 cm³/mol. The van der Waals surface area contributed by atoms with Gasteiger partial charge >= 0.3 is 0 Å². The average molecular weight is 382 g/mol. The summed E-state index contributed by atoms with van der Waals surface area (Å²) in [4.78, 5) is 9.67. The zero-order valence-corrected chi connectivity index (χ0v) is 13.4. The fourth-order valence-electron chi connectivity index (χ4n) is 1.80. The molecule has 2 aromatic carbocycles. The molecule has 0 bridgehead atoms. The number of carbonyl (C=O) groups excluding carboxylic acids is 1. The molecule has 0 amide bonds. The molecule has 2 rings (SSSR count). The molecule has 0 heterocycles. The van der Waals surface area contributed by atoms with Crippen molar-refractivity contribution in [2.24, 2.45) is 0 Å². The molecule has 0 saturated heterocycles. The molecule has 0 N–H and O–H groups in total. The molecule has 2 aromatic rings. The van der Waals surface area contributed by atoms with E-state index in [0.717, 1.165) is 4.31 Å². The molecule has 24 heavy (non-hydrogen) atoms. The third kappa shape index (κ3) is 4.06. The molecule has 0 aliphatic carbocycles. The summed E-state index contributed by atoms with van der Waals surface area (Å²) in [5.74, 6) is -10.2. The molecule has 0 unspecified atom stereocenters. The zero-order chi connectivity index (χ0) is 17.9. The van der Waals surface area contributed by atoms with Crippen LogP contribution < -0.4 is 0 Å². The van der Waals surface area contributed by atoms with E-state index in [9.17, 15) is 26.7 Å². The van der Waals surface area contributed by atoms with Crippen LogP contribution in [0.15, 0.2) is 29.2 Å². The molecule has 0 aromatic heterocycles. The minimum Gasteiger partial charge on any atom is -0.302 e. The van der Waals surface area contributed by atoms with Crippen LogP contribution in [-0.4, -0.2) is 17.1 Å². The summed E-state index contributed by atoms with van der Waals surface area (Å²) >= 11 is 6.01. The minimum absolute atomic E-state index is 0.0278. The first kappa shape index (κ1) is 18.7. The van der Waals surface area contributed by atoms with E-state index >= 15 is 0 Å². The van der Waals surface area contributed by atoms with Crippen molar-refractivity contribution in [3.8, 4) is 0 Å². The maximum Gasteiger partial charge on any atom is 0.200 e. The number of nitrogens with zero attached hydrogens (tertiary/aromatic N) is 1. The quantitative estimate of drug-likeness (QED) is 0.237. The highest BCUT2D eigenvalue weighted by Gasteiger charge is 2.27. The molecule has 0 radical (unpaired) electrons. The molecule has 0 saturated carbocycles. The van der Waals surface area contributed by atoms with Crippen LogP contribution in [0, 0.1) is 29.1 Å². The highest BCUT2D eigenvalue weighted by atomic mass is 35.5. The van der Waals surface area contributed by atoms with E-state index in [1.165, 1.54) is 0 Å². The van der Waals surface area contributed by atoms with Crippen molar-refractivity contribution in [2.45, 2.75) is 11.4 Å². The summed E-state index contributed by atoms with van der Waals surface area (Å²) in [5, 5.41) is 0.466. The highest BCUT2D eigenvalue weighted by molar-refractivity contribution is 7.97. The first-order valence-electron chi connectivity index (χ1n) is 6.47. The Balaban J connectivity index is 2.31. The van der Waals surface area contributed by atoms with Gasteiger partial charge in [-0.05, 0) is 29.6 Å². The Kier molecular flexibility index (Phi) is 6.20. The van der Waals surface area contributed by atoms with Gasteiger partial charge in [-0.1, -0.05) is 23.7 Å². The molecule has 0 aliphatic heterocycles. The molecule has 0 spiro atoms. The Labute approximate surface area is 143 Å². The fourth-order valence-corrected chi connectivity index (χ4v) is 2.88. The van der Waals surface area contributed by atoms with Gasteiger partial charge in [-0.15, -0.1) is 0 Å². The molecule has 128 valence electrons. The van der Waals surface area contributed by atoms with Gasteiger partial charge in [-0.25, -0.2) is 26.3 Å². The lowest BCUT2D eigenvalue weighted by Crippen LogP contribution is -2.19. The Morgan fingerprint density at radius 1 is 0.917 bits per heavy atom. The molecule has 2 nitrogen and oxygen atoms in total. The topological polar surface area (TPSA) is 20.3 Å². The lowest BCUT2D eigenvalue weighted by atomic mass is 10.2. The van der Waals surface area contributed by atoms with E-state index in [-0.39, 0.29) is 25.0 Å². The monoisotopic (exact) mass is 381 g/mol. The average Bonchev–Trinajstić information content (AvgIpc) is 2.57. The number of carbonyl (C=O) groups is 1. The van der Waals surface area contributed by atoms with Crippen LogP contribution in [0.1, 0.15) is 5.56 Å². The second-order valence-electron chi connectivity index (χ2n) is 4.61. The van der Waals surface area contributed by atoms with Crippen molar-refractivity contribution in [1.29, 1.82) is 0 Å². The van der Waals surface area contributed by atoms with Crippen LogP contribution in [0.5, 0.6) is 0 Å². The van der Waals surface area contributed by atoms with Crippen molar-refractivity contribution in [2.75, 3.05) is 6.54 Å². The zero-order valence-electron chi connectivity index (χ0n) is 11.8. The van der Waals surface area contributed by atoms with Gasteiger partial charge in [0.1, 0.15) is 11.2 Å². The third-order valence-electron chi connectivity index (χ3n) is 2.94. The first-order valence-corrected chi connectivity index (χ1v) is 7.62. The van der Waals surface area contributed by atoms with Crippen LogP contribution in [-0.2, 0) is 11.3 Å².